The highest BCUT2D eigenvalue weighted by Gasteiger charge is 2.25. The smallest absolute Gasteiger partial charge is 0.251 e. The number of carbonyl (C=O) groups excluding carboxylic acids is 2. The lowest BCUT2D eigenvalue weighted by molar-refractivity contribution is -0.118. The number of hydrogen-bond acceptors (Lipinski definition) is 3. The first-order valence-electron chi connectivity index (χ1n) is 7.92. The Labute approximate surface area is 146 Å². The molecule has 0 radical (unpaired) electrons. The quantitative estimate of drug-likeness (QED) is 0.845. The van der Waals surface area contributed by atoms with Crippen LogP contribution in [-0.4, -0.2) is 25.0 Å². The van der Waals surface area contributed by atoms with Crippen LogP contribution in [0.25, 0.3) is 0 Å². The van der Waals surface area contributed by atoms with Crippen molar-refractivity contribution < 1.29 is 18.7 Å². The molecule has 2 rings (SSSR count). The van der Waals surface area contributed by atoms with Gasteiger partial charge in [0, 0.05) is 5.56 Å². The second-order valence-electron chi connectivity index (χ2n) is 5.89. The van der Waals surface area contributed by atoms with Crippen molar-refractivity contribution in [2.24, 2.45) is 5.92 Å². The van der Waals surface area contributed by atoms with Crippen molar-refractivity contribution >= 4 is 17.5 Å². The van der Waals surface area contributed by atoms with E-state index in [4.69, 9.17) is 4.74 Å². The molecule has 25 heavy (non-hydrogen) atoms. The van der Waals surface area contributed by atoms with Crippen LogP contribution in [0.15, 0.2) is 48.5 Å². The molecule has 0 fully saturated rings. The van der Waals surface area contributed by atoms with Gasteiger partial charge in [-0.05, 0) is 42.3 Å². The van der Waals surface area contributed by atoms with Crippen molar-refractivity contribution in [2.75, 3.05) is 12.4 Å². The first kappa shape index (κ1) is 18.4. The summed E-state index contributed by atoms with van der Waals surface area (Å²) in [5.74, 6) is -0.921. The Bertz CT molecular complexity index is 745. The molecule has 5 nitrogen and oxygen atoms in total. The zero-order chi connectivity index (χ0) is 18.4. The summed E-state index contributed by atoms with van der Waals surface area (Å²) in [6, 6.07) is 11.6. The molecule has 1 atom stereocenters. The minimum absolute atomic E-state index is 0.0804. The molecule has 0 saturated heterocycles. The monoisotopic (exact) mass is 344 g/mol. The number of halogens is 1. The topological polar surface area (TPSA) is 67.4 Å². The second-order valence-corrected chi connectivity index (χ2v) is 5.89. The summed E-state index contributed by atoms with van der Waals surface area (Å²) in [6.07, 6.45) is 0. The minimum atomic E-state index is -0.797. The molecular formula is C19H21FN2O3. The number of nitrogens with one attached hydrogen (secondary N) is 2. The fraction of sp³-hybridized carbons (Fsp3) is 0.263. The fourth-order valence-corrected chi connectivity index (χ4v) is 2.27. The molecule has 0 aliphatic rings. The maximum absolute atomic E-state index is 13.7. The summed E-state index contributed by atoms with van der Waals surface area (Å²) in [5.41, 5.74) is 0.488. The standard InChI is InChI=1S/C19H21FN2O3/c1-12(2)17(19(24)21-16-7-5-4-6-15(16)20)22-18(23)13-8-10-14(25-3)11-9-13/h4-12,17H,1-3H3,(H,21,24)(H,22,23)/t17-/m1/s1. The summed E-state index contributed by atoms with van der Waals surface area (Å²) in [7, 11) is 1.54. The van der Waals surface area contributed by atoms with Gasteiger partial charge in [0.15, 0.2) is 0 Å². The van der Waals surface area contributed by atoms with Gasteiger partial charge in [-0.25, -0.2) is 4.39 Å². The van der Waals surface area contributed by atoms with Crippen LogP contribution >= 0.6 is 0 Å². The Morgan fingerprint density at radius 2 is 1.68 bits per heavy atom. The molecular weight excluding hydrogens is 323 g/mol. The zero-order valence-electron chi connectivity index (χ0n) is 14.4. The SMILES string of the molecule is COc1ccc(C(=O)N[C@@H](C(=O)Nc2ccccc2F)C(C)C)cc1. The average molecular weight is 344 g/mol. The van der Waals surface area contributed by atoms with E-state index in [1.54, 1.807) is 44.2 Å². The van der Waals surface area contributed by atoms with Gasteiger partial charge in [0.2, 0.25) is 5.91 Å². The van der Waals surface area contributed by atoms with E-state index in [9.17, 15) is 14.0 Å². The maximum Gasteiger partial charge on any atom is 0.251 e. The predicted octanol–water partition coefficient (Wildman–Crippen LogP) is 3.23. The first-order chi connectivity index (χ1) is 11.9. The molecule has 6 heteroatoms. The van der Waals surface area contributed by atoms with Gasteiger partial charge >= 0.3 is 0 Å². The van der Waals surface area contributed by atoms with Crippen molar-refractivity contribution in [3.63, 3.8) is 0 Å². The van der Waals surface area contributed by atoms with E-state index in [1.165, 1.54) is 25.3 Å². The first-order valence-corrected chi connectivity index (χ1v) is 7.92. The van der Waals surface area contributed by atoms with Crippen LogP contribution in [0.1, 0.15) is 24.2 Å². The lowest BCUT2D eigenvalue weighted by atomic mass is 10.0. The lowest BCUT2D eigenvalue weighted by Crippen LogP contribution is -2.47. The maximum atomic E-state index is 13.7. The zero-order valence-corrected chi connectivity index (χ0v) is 14.4. The van der Waals surface area contributed by atoms with Gasteiger partial charge in [-0.2, -0.15) is 0 Å². The van der Waals surface area contributed by atoms with Gasteiger partial charge in [-0.3, -0.25) is 9.59 Å². The second kappa shape index (κ2) is 8.28. The molecule has 2 aromatic carbocycles. The molecule has 0 saturated carbocycles. The summed E-state index contributed by atoms with van der Waals surface area (Å²) < 4.78 is 18.8. The molecule has 0 spiro atoms. The van der Waals surface area contributed by atoms with E-state index >= 15 is 0 Å². The van der Waals surface area contributed by atoms with E-state index in [1.807, 2.05) is 0 Å². The number of benzene rings is 2. The summed E-state index contributed by atoms with van der Waals surface area (Å²) in [5, 5.41) is 5.21. The number of carbonyl (C=O) groups is 2. The molecule has 0 bridgehead atoms. The van der Waals surface area contributed by atoms with Gasteiger partial charge in [0.25, 0.3) is 5.91 Å². The van der Waals surface area contributed by atoms with Crippen molar-refractivity contribution in [2.45, 2.75) is 19.9 Å². The van der Waals surface area contributed by atoms with Crippen LogP contribution in [0.5, 0.6) is 5.75 Å². The summed E-state index contributed by atoms with van der Waals surface area (Å²) >= 11 is 0. The van der Waals surface area contributed by atoms with Crippen LogP contribution in [0.2, 0.25) is 0 Å². The third-order valence-corrected chi connectivity index (χ3v) is 3.72. The minimum Gasteiger partial charge on any atom is -0.497 e. The number of hydrogen-bond donors (Lipinski definition) is 2. The number of methoxy groups -OCH3 is 1. The number of rotatable bonds is 6. The summed E-state index contributed by atoms with van der Waals surface area (Å²) in [6.45, 7) is 3.61. The lowest BCUT2D eigenvalue weighted by Gasteiger charge is -2.22. The fourth-order valence-electron chi connectivity index (χ4n) is 2.27. The Morgan fingerprint density at radius 1 is 1.04 bits per heavy atom. The third-order valence-electron chi connectivity index (χ3n) is 3.72. The van der Waals surface area contributed by atoms with Crippen LogP contribution < -0.4 is 15.4 Å². The van der Waals surface area contributed by atoms with Crippen molar-refractivity contribution in [3.8, 4) is 5.75 Å². The van der Waals surface area contributed by atoms with Crippen molar-refractivity contribution in [3.05, 3.63) is 59.9 Å². The van der Waals surface area contributed by atoms with Gasteiger partial charge < -0.3 is 15.4 Å². The highest BCUT2D eigenvalue weighted by atomic mass is 19.1. The van der Waals surface area contributed by atoms with Crippen molar-refractivity contribution in [1.29, 1.82) is 0 Å². The van der Waals surface area contributed by atoms with Gasteiger partial charge in [-0.15, -0.1) is 0 Å². The van der Waals surface area contributed by atoms with Gasteiger partial charge in [-0.1, -0.05) is 26.0 Å². The molecule has 132 valence electrons. The Kier molecular flexibility index (Phi) is 6.11. The highest BCUT2D eigenvalue weighted by Crippen LogP contribution is 2.15. The summed E-state index contributed by atoms with van der Waals surface area (Å²) in [4.78, 5) is 24.8. The Morgan fingerprint density at radius 3 is 2.24 bits per heavy atom. The van der Waals surface area contributed by atoms with E-state index < -0.39 is 17.8 Å². The molecule has 0 aliphatic heterocycles. The molecule has 2 aromatic rings. The van der Waals surface area contributed by atoms with Crippen LogP contribution in [-0.2, 0) is 4.79 Å². The van der Waals surface area contributed by atoms with E-state index in [2.05, 4.69) is 10.6 Å². The van der Waals surface area contributed by atoms with Crippen LogP contribution in [0.4, 0.5) is 10.1 Å². The van der Waals surface area contributed by atoms with E-state index in [0.717, 1.165) is 0 Å². The number of anilines is 1. The normalized spacial score (nSPS) is 11.7. The van der Waals surface area contributed by atoms with Gasteiger partial charge in [0.05, 0.1) is 12.8 Å². The Hall–Kier alpha value is -2.89. The van der Waals surface area contributed by atoms with E-state index in [0.29, 0.717) is 11.3 Å². The predicted molar refractivity (Wildman–Crippen MR) is 94.1 cm³/mol. The average Bonchev–Trinajstić information content (AvgIpc) is 2.61. The number of amides is 2. The van der Waals surface area contributed by atoms with Crippen LogP contribution in [0.3, 0.4) is 0 Å². The third kappa shape index (κ3) is 4.79. The largest absolute Gasteiger partial charge is 0.497 e. The molecule has 2 amide bonds. The number of ether oxygens (including phenoxy) is 1. The molecule has 0 aliphatic carbocycles. The van der Waals surface area contributed by atoms with E-state index in [-0.39, 0.29) is 17.5 Å². The Balaban J connectivity index is 2.10. The van der Waals surface area contributed by atoms with Crippen molar-refractivity contribution in [1.82, 2.24) is 5.32 Å². The molecule has 0 heterocycles. The molecule has 2 N–H and O–H groups in total. The molecule has 0 unspecified atom stereocenters. The highest BCUT2D eigenvalue weighted by molar-refractivity contribution is 6.01. The van der Waals surface area contributed by atoms with Crippen LogP contribution in [0, 0.1) is 11.7 Å². The van der Waals surface area contributed by atoms with Gasteiger partial charge in [0.1, 0.15) is 17.6 Å². The molecule has 0 aromatic heterocycles. The number of para-hydroxylation sites is 1.